The molecule has 4 nitrogen and oxygen atoms in total. The third-order valence-corrected chi connectivity index (χ3v) is 1.96. The zero-order chi connectivity index (χ0) is 9.80. The monoisotopic (exact) mass is 195 g/mol. The minimum Gasteiger partial charge on any atom is -0.486 e. The zero-order valence-corrected chi connectivity index (χ0v) is 8.08. The van der Waals surface area contributed by atoms with Gasteiger partial charge in [-0.05, 0) is 12.1 Å². The fourth-order valence-electron chi connectivity index (χ4n) is 1.31. The molecule has 0 amide bonds. The second-order valence-electron chi connectivity index (χ2n) is 2.97. The van der Waals surface area contributed by atoms with Gasteiger partial charge in [0.1, 0.15) is 19.9 Å². The standard InChI is InChI=1S/C10H13NO3/c1-12-7-11-8-2-3-9-10(6-8)14-5-4-13-9/h2-3,6,11H,4-5,7H2,1H3. The molecule has 1 aromatic rings. The van der Waals surface area contributed by atoms with Gasteiger partial charge in [0.25, 0.3) is 0 Å². The maximum Gasteiger partial charge on any atom is 0.163 e. The average Bonchev–Trinajstić information content (AvgIpc) is 2.26. The molecule has 0 spiro atoms. The Morgan fingerprint density at radius 3 is 2.86 bits per heavy atom. The summed E-state index contributed by atoms with van der Waals surface area (Å²) in [5, 5.41) is 3.09. The molecule has 1 aliphatic rings. The first-order valence-corrected chi connectivity index (χ1v) is 4.52. The number of hydrogen-bond acceptors (Lipinski definition) is 4. The molecule has 1 aliphatic heterocycles. The number of fused-ring (bicyclic) bond motifs is 1. The van der Waals surface area contributed by atoms with E-state index in [-0.39, 0.29) is 0 Å². The van der Waals surface area contributed by atoms with Gasteiger partial charge in [0.15, 0.2) is 11.5 Å². The number of nitrogens with one attached hydrogen (secondary N) is 1. The van der Waals surface area contributed by atoms with Crippen molar-refractivity contribution in [2.24, 2.45) is 0 Å². The van der Waals surface area contributed by atoms with Gasteiger partial charge in [-0.2, -0.15) is 0 Å². The van der Waals surface area contributed by atoms with Crippen molar-refractivity contribution in [3.63, 3.8) is 0 Å². The number of anilines is 1. The van der Waals surface area contributed by atoms with E-state index in [0.717, 1.165) is 17.2 Å². The fourth-order valence-corrected chi connectivity index (χ4v) is 1.31. The van der Waals surface area contributed by atoms with Crippen molar-refractivity contribution < 1.29 is 14.2 Å². The van der Waals surface area contributed by atoms with Crippen molar-refractivity contribution in [1.29, 1.82) is 0 Å². The molecule has 0 bridgehead atoms. The molecule has 0 fully saturated rings. The number of hydrogen-bond donors (Lipinski definition) is 1. The summed E-state index contributed by atoms with van der Waals surface area (Å²) >= 11 is 0. The number of rotatable bonds is 3. The van der Waals surface area contributed by atoms with Crippen molar-refractivity contribution in [2.75, 3.05) is 32.4 Å². The van der Waals surface area contributed by atoms with Gasteiger partial charge in [0, 0.05) is 18.9 Å². The Morgan fingerprint density at radius 1 is 1.29 bits per heavy atom. The van der Waals surface area contributed by atoms with Crippen LogP contribution in [0.15, 0.2) is 18.2 Å². The molecule has 1 heterocycles. The lowest BCUT2D eigenvalue weighted by Gasteiger charge is -2.19. The Morgan fingerprint density at radius 2 is 2.07 bits per heavy atom. The molecule has 1 N–H and O–H groups in total. The molecule has 1 aromatic carbocycles. The van der Waals surface area contributed by atoms with Gasteiger partial charge in [0.05, 0.1) is 0 Å². The Bertz CT molecular complexity index is 314. The van der Waals surface area contributed by atoms with E-state index in [4.69, 9.17) is 14.2 Å². The summed E-state index contributed by atoms with van der Waals surface area (Å²) in [5.74, 6) is 1.59. The summed E-state index contributed by atoms with van der Waals surface area (Å²) in [6.07, 6.45) is 0. The van der Waals surface area contributed by atoms with Crippen LogP contribution >= 0.6 is 0 Å². The van der Waals surface area contributed by atoms with Gasteiger partial charge >= 0.3 is 0 Å². The van der Waals surface area contributed by atoms with Crippen LogP contribution in [0, 0.1) is 0 Å². The number of benzene rings is 1. The average molecular weight is 195 g/mol. The summed E-state index contributed by atoms with van der Waals surface area (Å²) in [4.78, 5) is 0. The molecular weight excluding hydrogens is 182 g/mol. The molecule has 14 heavy (non-hydrogen) atoms. The summed E-state index contributed by atoms with van der Waals surface area (Å²) in [7, 11) is 1.64. The first kappa shape index (κ1) is 9.15. The highest BCUT2D eigenvalue weighted by Crippen LogP contribution is 2.32. The molecule has 0 saturated carbocycles. The van der Waals surface area contributed by atoms with E-state index in [0.29, 0.717) is 19.9 Å². The minimum atomic E-state index is 0.486. The Labute approximate surface area is 82.8 Å². The van der Waals surface area contributed by atoms with Gasteiger partial charge in [-0.3, -0.25) is 0 Å². The predicted molar refractivity (Wildman–Crippen MR) is 52.9 cm³/mol. The van der Waals surface area contributed by atoms with Crippen molar-refractivity contribution in [1.82, 2.24) is 0 Å². The number of methoxy groups -OCH3 is 1. The smallest absolute Gasteiger partial charge is 0.163 e. The van der Waals surface area contributed by atoms with Crippen LogP contribution in [0.2, 0.25) is 0 Å². The van der Waals surface area contributed by atoms with Crippen molar-refractivity contribution in [3.05, 3.63) is 18.2 Å². The van der Waals surface area contributed by atoms with Crippen LogP contribution in [-0.2, 0) is 4.74 Å². The number of ether oxygens (including phenoxy) is 3. The van der Waals surface area contributed by atoms with E-state index in [1.165, 1.54) is 0 Å². The van der Waals surface area contributed by atoms with Crippen molar-refractivity contribution >= 4 is 5.69 Å². The molecule has 0 atom stereocenters. The topological polar surface area (TPSA) is 39.7 Å². The van der Waals surface area contributed by atoms with E-state index < -0.39 is 0 Å². The molecule has 4 heteroatoms. The molecule has 0 radical (unpaired) electrons. The highest BCUT2D eigenvalue weighted by atomic mass is 16.6. The molecule has 0 aliphatic carbocycles. The van der Waals surface area contributed by atoms with E-state index >= 15 is 0 Å². The van der Waals surface area contributed by atoms with Gasteiger partial charge in [-0.25, -0.2) is 0 Å². The lowest BCUT2D eigenvalue weighted by molar-refractivity contribution is 0.171. The maximum atomic E-state index is 5.44. The zero-order valence-electron chi connectivity index (χ0n) is 8.08. The molecule has 2 rings (SSSR count). The minimum absolute atomic E-state index is 0.486. The molecule has 0 saturated heterocycles. The summed E-state index contributed by atoms with van der Waals surface area (Å²) in [6.45, 7) is 1.72. The van der Waals surface area contributed by atoms with Crippen LogP contribution in [0.25, 0.3) is 0 Å². The summed E-state index contributed by atoms with van der Waals surface area (Å²) in [5.41, 5.74) is 0.969. The van der Waals surface area contributed by atoms with Gasteiger partial charge < -0.3 is 19.5 Å². The van der Waals surface area contributed by atoms with E-state index in [2.05, 4.69) is 5.32 Å². The van der Waals surface area contributed by atoms with E-state index in [9.17, 15) is 0 Å². The lowest BCUT2D eigenvalue weighted by atomic mass is 10.2. The Hall–Kier alpha value is -1.42. The fraction of sp³-hybridized carbons (Fsp3) is 0.400. The third kappa shape index (κ3) is 1.90. The first-order valence-electron chi connectivity index (χ1n) is 4.52. The SMILES string of the molecule is COCNc1ccc2c(c1)OCCO2. The Balaban J connectivity index is 2.12. The molecule has 76 valence electrons. The third-order valence-electron chi connectivity index (χ3n) is 1.96. The van der Waals surface area contributed by atoms with Crippen molar-refractivity contribution in [2.45, 2.75) is 0 Å². The predicted octanol–water partition coefficient (Wildman–Crippen LogP) is 1.47. The van der Waals surface area contributed by atoms with E-state index in [1.807, 2.05) is 18.2 Å². The lowest BCUT2D eigenvalue weighted by Crippen LogP contribution is -2.15. The van der Waals surface area contributed by atoms with Gasteiger partial charge in [-0.1, -0.05) is 0 Å². The second kappa shape index (κ2) is 4.19. The first-order chi connectivity index (χ1) is 6.90. The van der Waals surface area contributed by atoms with E-state index in [1.54, 1.807) is 7.11 Å². The van der Waals surface area contributed by atoms with Crippen LogP contribution in [0.5, 0.6) is 11.5 Å². The molecular formula is C10H13NO3. The van der Waals surface area contributed by atoms with Crippen molar-refractivity contribution in [3.8, 4) is 11.5 Å². The quantitative estimate of drug-likeness (QED) is 0.741. The van der Waals surface area contributed by atoms with Crippen LogP contribution in [0.3, 0.4) is 0 Å². The summed E-state index contributed by atoms with van der Waals surface area (Å²) < 4.78 is 15.7. The maximum absolute atomic E-state index is 5.44. The highest BCUT2D eigenvalue weighted by Gasteiger charge is 2.10. The van der Waals surface area contributed by atoms with Crippen LogP contribution < -0.4 is 14.8 Å². The Kier molecular flexibility index (Phi) is 2.74. The van der Waals surface area contributed by atoms with Gasteiger partial charge in [0.2, 0.25) is 0 Å². The summed E-state index contributed by atoms with van der Waals surface area (Å²) in [6, 6.07) is 5.74. The normalized spacial score (nSPS) is 13.8. The largest absolute Gasteiger partial charge is 0.486 e. The van der Waals surface area contributed by atoms with Crippen LogP contribution in [0.1, 0.15) is 0 Å². The van der Waals surface area contributed by atoms with Crippen LogP contribution in [-0.4, -0.2) is 27.1 Å². The molecule has 0 unspecified atom stereocenters. The van der Waals surface area contributed by atoms with Gasteiger partial charge in [-0.15, -0.1) is 0 Å². The van der Waals surface area contributed by atoms with Crippen LogP contribution in [0.4, 0.5) is 5.69 Å². The highest BCUT2D eigenvalue weighted by molar-refractivity contribution is 5.54. The molecule has 0 aromatic heterocycles. The second-order valence-corrected chi connectivity index (χ2v) is 2.97.